The van der Waals surface area contributed by atoms with Crippen molar-refractivity contribution in [2.45, 2.75) is 52.5 Å². The lowest BCUT2D eigenvalue weighted by Crippen LogP contribution is -2.49. The van der Waals surface area contributed by atoms with E-state index in [0.29, 0.717) is 11.8 Å². The molecule has 0 fully saturated rings. The maximum absolute atomic E-state index is 6.43. The molecular weight excluding hydrogens is 190 g/mol. The first-order valence-electron chi connectivity index (χ1n) is 5.73. The molecule has 0 heterocycles. The van der Waals surface area contributed by atoms with E-state index in [9.17, 15) is 0 Å². The van der Waals surface area contributed by atoms with Crippen LogP contribution in [0.3, 0.4) is 0 Å². The Morgan fingerprint density at radius 1 is 1.14 bits per heavy atom. The summed E-state index contributed by atoms with van der Waals surface area (Å²) in [5, 5.41) is 0. The van der Waals surface area contributed by atoms with E-state index in [0.717, 1.165) is 29.9 Å². The Bertz CT molecular complexity index is 140. The number of rotatable bonds is 7. The van der Waals surface area contributed by atoms with Crippen LogP contribution in [-0.2, 0) is 4.43 Å². The van der Waals surface area contributed by atoms with Crippen molar-refractivity contribution in [2.24, 2.45) is 17.6 Å². The van der Waals surface area contributed by atoms with Crippen molar-refractivity contribution < 1.29 is 4.43 Å². The first-order valence-corrected chi connectivity index (χ1v) is 6.54. The van der Waals surface area contributed by atoms with Crippen molar-refractivity contribution in [2.75, 3.05) is 6.61 Å². The van der Waals surface area contributed by atoms with Gasteiger partial charge in [0.05, 0.1) is 0 Å². The molecule has 0 aromatic rings. The van der Waals surface area contributed by atoms with E-state index in [4.69, 9.17) is 10.2 Å². The van der Waals surface area contributed by atoms with Gasteiger partial charge >= 0.3 is 0 Å². The summed E-state index contributed by atoms with van der Waals surface area (Å²) in [7, 11) is 0.857. The van der Waals surface area contributed by atoms with Crippen LogP contribution in [0.1, 0.15) is 47.0 Å². The average Bonchev–Trinajstić information content (AvgIpc) is 2.11. The van der Waals surface area contributed by atoms with Crippen LogP contribution in [0.25, 0.3) is 0 Å². The molecule has 0 aromatic heterocycles. The molecule has 3 heteroatoms. The van der Waals surface area contributed by atoms with Gasteiger partial charge in [-0.25, -0.2) is 0 Å². The highest BCUT2D eigenvalue weighted by Gasteiger charge is 2.31. The molecular formula is C11H27NOSi. The molecule has 0 spiro atoms. The Labute approximate surface area is 92.1 Å². The van der Waals surface area contributed by atoms with Crippen molar-refractivity contribution in [3.63, 3.8) is 0 Å². The minimum absolute atomic E-state index is 0.00513. The molecule has 0 unspecified atom stereocenters. The van der Waals surface area contributed by atoms with Gasteiger partial charge in [0.15, 0.2) is 0 Å². The third kappa shape index (κ3) is 4.11. The molecule has 2 N–H and O–H groups in total. The number of nitrogens with two attached hydrogens (primary N) is 1. The van der Waals surface area contributed by atoms with Crippen molar-refractivity contribution >= 4 is 10.5 Å². The van der Waals surface area contributed by atoms with Gasteiger partial charge in [0.25, 0.3) is 0 Å². The van der Waals surface area contributed by atoms with Crippen LogP contribution in [0.2, 0.25) is 0 Å². The summed E-state index contributed by atoms with van der Waals surface area (Å²) in [5.41, 5.74) is 6.44. The van der Waals surface area contributed by atoms with Gasteiger partial charge in [0.2, 0.25) is 0 Å². The first kappa shape index (κ1) is 14.1. The smallest absolute Gasteiger partial charge is 0.145 e. The first-order chi connectivity index (χ1) is 6.45. The molecule has 0 rings (SSSR count). The molecule has 2 nitrogen and oxygen atoms in total. The molecule has 0 atom stereocenters. The maximum atomic E-state index is 6.43. The Morgan fingerprint density at radius 3 is 2.00 bits per heavy atom. The molecule has 86 valence electrons. The fourth-order valence-corrected chi connectivity index (χ4v) is 2.21. The SMILES string of the molecule is CC(C)C(N)(CCCCO[SiH3])C(C)C. The molecule has 0 aromatic carbocycles. The highest BCUT2D eigenvalue weighted by Crippen LogP contribution is 2.28. The van der Waals surface area contributed by atoms with Crippen molar-refractivity contribution in [3.05, 3.63) is 0 Å². The van der Waals surface area contributed by atoms with Crippen LogP contribution in [0, 0.1) is 11.8 Å². The molecule has 0 aliphatic heterocycles. The highest BCUT2D eigenvalue weighted by atomic mass is 28.2. The van der Waals surface area contributed by atoms with Crippen LogP contribution in [0.4, 0.5) is 0 Å². The fraction of sp³-hybridized carbons (Fsp3) is 1.00. The lowest BCUT2D eigenvalue weighted by atomic mass is 9.74. The summed E-state index contributed by atoms with van der Waals surface area (Å²) < 4.78 is 5.18. The Hall–Kier alpha value is 0.137. The normalized spacial score (nSPS) is 13.1. The predicted octanol–water partition coefficient (Wildman–Crippen LogP) is 1.46. The lowest BCUT2D eigenvalue weighted by molar-refractivity contribution is 0.197. The van der Waals surface area contributed by atoms with Crippen molar-refractivity contribution in [1.82, 2.24) is 0 Å². The summed E-state index contributed by atoms with van der Waals surface area (Å²) in [6, 6.07) is 0. The minimum Gasteiger partial charge on any atom is -0.428 e. The molecule has 0 saturated heterocycles. The third-order valence-corrected chi connectivity index (χ3v) is 3.77. The van der Waals surface area contributed by atoms with Crippen LogP contribution in [-0.4, -0.2) is 22.6 Å². The second-order valence-electron chi connectivity index (χ2n) is 4.87. The molecule has 0 amide bonds. The number of hydrogen-bond donors (Lipinski definition) is 1. The van der Waals surface area contributed by atoms with E-state index >= 15 is 0 Å². The van der Waals surface area contributed by atoms with E-state index in [1.807, 2.05) is 0 Å². The van der Waals surface area contributed by atoms with Crippen LogP contribution in [0.5, 0.6) is 0 Å². The zero-order valence-electron chi connectivity index (χ0n) is 10.5. The fourth-order valence-electron chi connectivity index (χ4n) is 1.92. The van der Waals surface area contributed by atoms with Crippen LogP contribution >= 0.6 is 0 Å². The lowest BCUT2D eigenvalue weighted by Gasteiger charge is -2.38. The predicted molar refractivity (Wildman–Crippen MR) is 66.3 cm³/mol. The summed E-state index contributed by atoms with van der Waals surface area (Å²) >= 11 is 0. The van der Waals surface area contributed by atoms with Gasteiger partial charge in [-0.2, -0.15) is 0 Å². The van der Waals surface area contributed by atoms with E-state index in [1.54, 1.807) is 0 Å². The minimum atomic E-state index is 0.00513. The van der Waals surface area contributed by atoms with Gasteiger partial charge in [-0.15, -0.1) is 0 Å². The van der Waals surface area contributed by atoms with Gasteiger partial charge in [-0.05, 0) is 31.1 Å². The monoisotopic (exact) mass is 217 g/mol. The number of hydrogen-bond acceptors (Lipinski definition) is 2. The van der Waals surface area contributed by atoms with Crippen molar-refractivity contribution in [3.8, 4) is 0 Å². The third-order valence-electron chi connectivity index (χ3n) is 3.36. The van der Waals surface area contributed by atoms with Crippen LogP contribution < -0.4 is 5.73 Å². The van der Waals surface area contributed by atoms with Gasteiger partial charge in [0.1, 0.15) is 10.5 Å². The molecule has 14 heavy (non-hydrogen) atoms. The largest absolute Gasteiger partial charge is 0.428 e. The number of unbranched alkanes of at least 4 members (excludes halogenated alkanes) is 1. The summed E-state index contributed by atoms with van der Waals surface area (Å²) in [5.74, 6) is 1.11. The second-order valence-corrected chi connectivity index (χ2v) is 5.45. The molecule has 0 saturated carbocycles. The zero-order valence-corrected chi connectivity index (χ0v) is 12.5. The highest BCUT2D eigenvalue weighted by molar-refractivity contribution is 5.97. The Morgan fingerprint density at radius 2 is 1.64 bits per heavy atom. The molecule has 0 radical (unpaired) electrons. The molecule has 0 aliphatic rings. The van der Waals surface area contributed by atoms with Crippen LogP contribution in [0.15, 0.2) is 0 Å². The van der Waals surface area contributed by atoms with E-state index < -0.39 is 0 Å². The van der Waals surface area contributed by atoms with Gasteiger partial charge in [-0.1, -0.05) is 27.7 Å². The summed E-state index contributed by atoms with van der Waals surface area (Å²) in [4.78, 5) is 0. The molecule has 0 bridgehead atoms. The quantitative estimate of drug-likeness (QED) is 0.518. The van der Waals surface area contributed by atoms with Gasteiger partial charge < -0.3 is 10.2 Å². The van der Waals surface area contributed by atoms with E-state index in [1.165, 1.54) is 6.42 Å². The summed E-state index contributed by atoms with van der Waals surface area (Å²) in [6.45, 7) is 9.82. The van der Waals surface area contributed by atoms with Gasteiger partial charge in [-0.3, -0.25) is 0 Å². The molecule has 0 aliphatic carbocycles. The summed E-state index contributed by atoms with van der Waals surface area (Å²) in [6.07, 6.45) is 3.46. The second kappa shape index (κ2) is 6.59. The maximum Gasteiger partial charge on any atom is 0.145 e. The standard InChI is InChI=1S/C11H27NOSi/c1-9(2)11(12,10(3)4)7-5-6-8-13-14/h9-10H,5-8,12H2,1-4,14H3. The van der Waals surface area contributed by atoms with E-state index in [-0.39, 0.29) is 5.54 Å². The zero-order chi connectivity index (χ0) is 11.2. The van der Waals surface area contributed by atoms with E-state index in [2.05, 4.69) is 27.7 Å². The Balaban J connectivity index is 3.98. The Kier molecular flexibility index (Phi) is 6.65. The van der Waals surface area contributed by atoms with Crippen molar-refractivity contribution in [1.29, 1.82) is 0 Å². The average molecular weight is 217 g/mol. The van der Waals surface area contributed by atoms with Gasteiger partial charge in [0, 0.05) is 12.1 Å². The topological polar surface area (TPSA) is 35.2 Å².